The molecular formula is C11H15N5O3. The number of hydrogen-bond donors (Lipinski definition) is 2. The van der Waals surface area contributed by atoms with Crippen LogP contribution in [0.1, 0.15) is 23.8 Å². The van der Waals surface area contributed by atoms with Crippen LogP contribution in [-0.2, 0) is 13.6 Å². The van der Waals surface area contributed by atoms with E-state index in [0.29, 0.717) is 24.2 Å². The lowest BCUT2D eigenvalue weighted by Crippen LogP contribution is -2.10. The van der Waals surface area contributed by atoms with Crippen molar-refractivity contribution in [2.75, 3.05) is 0 Å². The van der Waals surface area contributed by atoms with E-state index in [-0.39, 0.29) is 5.69 Å². The van der Waals surface area contributed by atoms with Crippen molar-refractivity contribution in [2.45, 2.75) is 26.0 Å². The van der Waals surface area contributed by atoms with Crippen LogP contribution >= 0.6 is 0 Å². The van der Waals surface area contributed by atoms with Gasteiger partial charge in [0.15, 0.2) is 5.69 Å². The van der Waals surface area contributed by atoms with E-state index in [9.17, 15) is 9.90 Å². The molecule has 0 bridgehead atoms. The number of rotatable bonds is 5. The number of carboxylic acid groups (broad SMARTS) is 1. The van der Waals surface area contributed by atoms with Gasteiger partial charge in [-0.1, -0.05) is 5.21 Å². The summed E-state index contributed by atoms with van der Waals surface area (Å²) in [6.07, 6.45) is 3.24. The Balaban J connectivity index is 2.42. The summed E-state index contributed by atoms with van der Waals surface area (Å²) in [5.41, 5.74) is 0.926. The minimum atomic E-state index is -1.14. The van der Waals surface area contributed by atoms with Gasteiger partial charge in [0.1, 0.15) is 5.69 Å². The number of aliphatic hydroxyl groups is 1. The van der Waals surface area contributed by atoms with Gasteiger partial charge in [0.2, 0.25) is 0 Å². The van der Waals surface area contributed by atoms with E-state index in [1.54, 1.807) is 31.0 Å². The van der Waals surface area contributed by atoms with Crippen molar-refractivity contribution in [3.8, 4) is 11.3 Å². The quantitative estimate of drug-likeness (QED) is 0.797. The maximum Gasteiger partial charge on any atom is 0.358 e. The van der Waals surface area contributed by atoms with Crippen molar-refractivity contribution < 1.29 is 15.0 Å². The first-order valence-electron chi connectivity index (χ1n) is 5.83. The lowest BCUT2D eigenvalue weighted by atomic mass is 10.2. The number of carbonyl (C=O) groups is 1. The number of carboxylic acids is 1. The van der Waals surface area contributed by atoms with Gasteiger partial charge in [0.05, 0.1) is 12.3 Å². The fourth-order valence-corrected chi connectivity index (χ4v) is 1.75. The van der Waals surface area contributed by atoms with Crippen LogP contribution in [0.3, 0.4) is 0 Å². The molecule has 102 valence electrons. The summed E-state index contributed by atoms with van der Waals surface area (Å²) in [7, 11) is 1.74. The summed E-state index contributed by atoms with van der Waals surface area (Å²) < 4.78 is 3.06. The molecule has 2 rings (SSSR count). The average molecular weight is 265 g/mol. The Labute approximate surface area is 109 Å². The number of aliphatic hydroxyl groups excluding tert-OH is 1. The average Bonchev–Trinajstić information content (AvgIpc) is 2.91. The molecule has 8 nitrogen and oxygen atoms in total. The Hall–Kier alpha value is -2.22. The predicted molar refractivity (Wildman–Crippen MR) is 65.5 cm³/mol. The van der Waals surface area contributed by atoms with Crippen molar-refractivity contribution in [3.63, 3.8) is 0 Å². The number of nitrogens with zero attached hydrogens (tertiary/aromatic N) is 5. The molecule has 0 amide bonds. The van der Waals surface area contributed by atoms with Gasteiger partial charge in [-0.05, 0) is 13.3 Å². The first-order valence-corrected chi connectivity index (χ1v) is 5.83. The zero-order chi connectivity index (χ0) is 14.0. The highest BCUT2D eigenvalue weighted by atomic mass is 16.4. The molecule has 2 aromatic heterocycles. The van der Waals surface area contributed by atoms with E-state index in [2.05, 4.69) is 15.4 Å². The first kappa shape index (κ1) is 13.2. The van der Waals surface area contributed by atoms with Crippen LogP contribution in [0.4, 0.5) is 0 Å². The zero-order valence-corrected chi connectivity index (χ0v) is 10.7. The second-order valence-electron chi connectivity index (χ2n) is 4.36. The number of aromatic carboxylic acids is 1. The zero-order valence-electron chi connectivity index (χ0n) is 10.7. The van der Waals surface area contributed by atoms with Crippen LogP contribution in [0.25, 0.3) is 11.3 Å². The summed E-state index contributed by atoms with van der Waals surface area (Å²) in [5, 5.41) is 30.0. The molecule has 2 aromatic rings. The molecule has 0 fully saturated rings. The van der Waals surface area contributed by atoms with Crippen molar-refractivity contribution in [2.24, 2.45) is 7.05 Å². The van der Waals surface area contributed by atoms with Crippen molar-refractivity contribution in [1.82, 2.24) is 24.8 Å². The Bertz CT molecular complexity index is 587. The van der Waals surface area contributed by atoms with Gasteiger partial charge in [0, 0.05) is 25.4 Å². The lowest BCUT2D eigenvalue weighted by Gasteiger charge is -2.06. The molecule has 2 N–H and O–H groups in total. The van der Waals surface area contributed by atoms with Crippen LogP contribution in [-0.4, -0.2) is 47.1 Å². The topological polar surface area (TPSA) is 106 Å². The van der Waals surface area contributed by atoms with Crippen LogP contribution in [0.5, 0.6) is 0 Å². The van der Waals surface area contributed by atoms with E-state index in [0.717, 1.165) is 0 Å². The van der Waals surface area contributed by atoms with Crippen molar-refractivity contribution in [1.29, 1.82) is 0 Å². The predicted octanol–water partition coefficient (Wildman–Crippen LogP) is 0.148. The van der Waals surface area contributed by atoms with Crippen molar-refractivity contribution in [3.05, 3.63) is 18.1 Å². The van der Waals surface area contributed by atoms with Crippen LogP contribution in [0.2, 0.25) is 0 Å². The molecule has 0 aliphatic carbocycles. The third-order valence-electron chi connectivity index (χ3n) is 2.67. The summed E-state index contributed by atoms with van der Waals surface area (Å²) in [5.74, 6) is -1.14. The normalized spacial score (nSPS) is 12.6. The molecule has 0 saturated carbocycles. The fourth-order valence-electron chi connectivity index (χ4n) is 1.75. The number of aromatic nitrogens is 5. The molecule has 0 aromatic carbocycles. The molecule has 1 unspecified atom stereocenters. The Morgan fingerprint density at radius 1 is 1.53 bits per heavy atom. The van der Waals surface area contributed by atoms with Crippen molar-refractivity contribution >= 4 is 5.97 Å². The standard InChI is InChI=1S/C11H15N5O3/c1-7(17)3-4-16-10(8-5-12-15(2)6-8)9(11(18)19)13-14-16/h5-7,17H,3-4H2,1-2H3,(H,18,19). The molecular weight excluding hydrogens is 250 g/mol. The van der Waals surface area contributed by atoms with Crippen LogP contribution in [0.15, 0.2) is 12.4 Å². The van der Waals surface area contributed by atoms with Gasteiger partial charge in [-0.2, -0.15) is 5.10 Å². The molecule has 0 saturated heterocycles. The molecule has 19 heavy (non-hydrogen) atoms. The number of aryl methyl sites for hydroxylation is 2. The highest BCUT2D eigenvalue weighted by Gasteiger charge is 2.21. The smallest absolute Gasteiger partial charge is 0.358 e. The molecule has 8 heteroatoms. The summed E-state index contributed by atoms with van der Waals surface area (Å²) in [6.45, 7) is 2.06. The minimum Gasteiger partial charge on any atom is -0.476 e. The largest absolute Gasteiger partial charge is 0.476 e. The van der Waals surface area contributed by atoms with Gasteiger partial charge >= 0.3 is 5.97 Å². The Morgan fingerprint density at radius 2 is 2.26 bits per heavy atom. The van der Waals surface area contributed by atoms with Gasteiger partial charge in [-0.15, -0.1) is 5.10 Å². The van der Waals surface area contributed by atoms with Gasteiger partial charge in [-0.3, -0.25) is 4.68 Å². The minimum absolute atomic E-state index is 0.112. The third kappa shape index (κ3) is 2.79. The van der Waals surface area contributed by atoms with Gasteiger partial charge < -0.3 is 10.2 Å². The molecule has 0 aliphatic rings. The van der Waals surface area contributed by atoms with E-state index < -0.39 is 12.1 Å². The second-order valence-corrected chi connectivity index (χ2v) is 4.36. The lowest BCUT2D eigenvalue weighted by molar-refractivity contribution is 0.0691. The molecule has 2 heterocycles. The Kier molecular flexibility index (Phi) is 3.61. The maximum absolute atomic E-state index is 11.2. The van der Waals surface area contributed by atoms with E-state index in [4.69, 9.17) is 5.11 Å². The molecule has 0 spiro atoms. The molecule has 0 aliphatic heterocycles. The van der Waals surface area contributed by atoms with Gasteiger partial charge in [-0.25, -0.2) is 9.48 Å². The van der Waals surface area contributed by atoms with E-state index in [1.807, 2.05) is 0 Å². The SMILES string of the molecule is CC(O)CCn1nnc(C(=O)O)c1-c1cnn(C)c1. The summed E-state index contributed by atoms with van der Waals surface area (Å²) >= 11 is 0. The molecule has 0 radical (unpaired) electrons. The Morgan fingerprint density at radius 3 is 2.79 bits per heavy atom. The van der Waals surface area contributed by atoms with Crippen LogP contribution in [0, 0.1) is 0 Å². The van der Waals surface area contributed by atoms with Gasteiger partial charge in [0.25, 0.3) is 0 Å². The van der Waals surface area contributed by atoms with E-state index in [1.165, 1.54) is 4.68 Å². The third-order valence-corrected chi connectivity index (χ3v) is 2.67. The highest BCUT2D eigenvalue weighted by molar-refractivity contribution is 5.92. The fraction of sp³-hybridized carbons (Fsp3) is 0.455. The summed E-state index contributed by atoms with van der Waals surface area (Å²) in [4.78, 5) is 11.2. The maximum atomic E-state index is 11.2. The summed E-state index contributed by atoms with van der Waals surface area (Å²) in [6, 6.07) is 0. The first-order chi connectivity index (χ1) is 8.99. The second kappa shape index (κ2) is 5.19. The van der Waals surface area contributed by atoms with E-state index >= 15 is 0 Å². The highest BCUT2D eigenvalue weighted by Crippen LogP contribution is 2.22. The molecule has 1 atom stereocenters. The van der Waals surface area contributed by atoms with Crippen LogP contribution < -0.4 is 0 Å². The monoisotopic (exact) mass is 265 g/mol. The number of hydrogen-bond acceptors (Lipinski definition) is 5.